The molecule has 1 aromatic heterocycles. The van der Waals surface area contributed by atoms with E-state index in [-0.39, 0.29) is 17.4 Å². The Bertz CT molecular complexity index is 480. The molecule has 2 heterocycles. The zero-order valence-corrected chi connectivity index (χ0v) is 14.0. The van der Waals surface area contributed by atoms with Crippen LogP contribution in [0.2, 0.25) is 0 Å². The fraction of sp³-hybridized carbons (Fsp3) is 0.706. The first-order chi connectivity index (χ1) is 9.82. The van der Waals surface area contributed by atoms with E-state index in [2.05, 4.69) is 43.8 Å². The molecule has 1 fully saturated rings. The van der Waals surface area contributed by atoms with Crippen LogP contribution in [-0.4, -0.2) is 41.6 Å². The highest BCUT2D eigenvalue weighted by molar-refractivity contribution is 5.92. The molecule has 21 heavy (non-hydrogen) atoms. The Labute approximate surface area is 128 Å². The van der Waals surface area contributed by atoms with Crippen molar-refractivity contribution in [3.8, 4) is 0 Å². The van der Waals surface area contributed by atoms with Crippen molar-refractivity contribution in [3.63, 3.8) is 0 Å². The second-order valence-electron chi connectivity index (χ2n) is 7.24. The van der Waals surface area contributed by atoms with Crippen LogP contribution in [0.25, 0.3) is 0 Å². The van der Waals surface area contributed by atoms with Gasteiger partial charge in [0, 0.05) is 25.3 Å². The molecule has 0 bridgehead atoms. The highest BCUT2D eigenvalue weighted by atomic mass is 16.2. The summed E-state index contributed by atoms with van der Waals surface area (Å²) in [5.74, 6) is 0.126. The zero-order valence-electron chi connectivity index (χ0n) is 14.0. The number of aromatic nitrogens is 1. The Kier molecular flexibility index (Phi) is 4.77. The van der Waals surface area contributed by atoms with Crippen molar-refractivity contribution in [2.45, 2.75) is 52.6 Å². The largest absolute Gasteiger partial charge is 0.340 e. The van der Waals surface area contributed by atoms with Crippen LogP contribution < -0.4 is 5.32 Å². The first-order valence-electron chi connectivity index (χ1n) is 7.97. The summed E-state index contributed by atoms with van der Waals surface area (Å²) in [4.78, 5) is 14.7. The van der Waals surface area contributed by atoms with E-state index in [4.69, 9.17) is 0 Å². The molecule has 0 aromatic carbocycles. The van der Waals surface area contributed by atoms with Gasteiger partial charge in [-0.15, -0.1) is 0 Å². The van der Waals surface area contributed by atoms with Crippen molar-refractivity contribution in [3.05, 3.63) is 24.0 Å². The Balaban J connectivity index is 2.18. The summed E-state index contributed by atoms with van der Waals surface area (Å²) in [5, 5.41) is 3.38. The molecule has 1 atom stereocenters. The topological polar surface area (TPSA) is 37.3 Å². The van der Waals surface area contributed by atoms with E-state index in [1.807, 2.05) is 24.1 Å². The molecule has 0 saturated carbocycles. The third-order valence-electron chi connectivity index (χ3n) is 4.85. The van der Waals surface area contributed by atoms with E-state index < -0.39 is 0 Å². The summed E-state index contributed by atoms with van der Waals surface area (Å²) in [7, 11) is 1.91. The molecule has 4 heteroatoms. The van der Waals surface area contributed by atoms with Gasteiger partial charge in [-0.05, 0) is 50.4 Å². The Morgan fingerprint density at radius 1 is 1.38 bits per heavy atom. The minimum Gasteiger partial charge on any atom is -0.340 e. The molecular weight excluding hydrogens is 262 g/mol. The molecule has 2 rings (SSSR count). The monoisotopic (exact) mass is 291 g/mol. The number of nitrogens with zero attached hydrogens (tertiary/aromatic N) is 2. The number of carbonyl (C=O) groups excluding carboxylic acids is 1. The SMILES string of the molecule is CC(N(C)C(=O)c1cccn1C1CCNCC1)C(C)(C)C. The van der Waals surface area contributed by atoms with Crippen molar-refractivity contribution in [2.24, 2.45) is 5.41 Å². The maximum atomic E-state index is 12.8. The van der Waals surface area contributed by atoms with Crippen molar-refractivity contribution in [1.82, 2.24) is 14.8 Å². The molecular formula is C17H29N3O. The van der Waals surface area contributed by atoms with Crippen LogP contribution in [0.3, 0.4) is 0 Å². The predicted molar refractivity (Wildman–Crippen MR) is 86.6 cm³/mol. The predicted octanol–water partition coefficient (Wildman–Crippen LogP) is 2.92. The van der Waals surface area contributed by atoms with Crippen molar-refractivity contribution in [2.75, 3.05) is 20.1 Å². The van der Waals surface area contributed by atoms with E-state index >= 15 is 0 Å². The normalized spacial score (nSPS) is 18.5. The summed E-state index contributed by atoms with van der Waals surface area (Å²) in [5.41, 5.74) is 0.900. The van der Waals surface area contributed by atoms with E-state index in [9.17, 15) is 4.79 Å². The van der Waals surface area contributed by atoms with Gasteiger partial charge in [-0.25, -0.2) is 0 Å². The quantitative estimate of drug-likeness (QED) is 0.929. The molecule has 1 saturated heterocycles. The summed E-state index contributed by atoms with van der Waals surface area (Å²) in [6.45, 7) is 10.7. The Morgan fingerprint density at radius 2 is 2.00 bits per heavy atom. The van der Waals surface area contributed by atoms with Crippen molar-refractivity contribution < 1.29 is 4.79 Å². The smallest absolute Gasteiger partial charge is 0.270 e. The minimum absolute atomic E-state index is 0.0800. The first-order valence-corrected chi connectivity index (χ1v) is 7.97. The summed E-state index contributed by atoms with van der Waals surface area (Å²) in [6.07, 6.45) is 4.24. The lowest BCUT2D eigenvalue weighted by Gasteiger charge is -2.36. The number of piperidine rings is 1. The molecule has 1 amide bonds. The van der Waals surface area contributed by atoms with Gasteiger partial charge in [0.2, 0.25) is 0 Å². The average Bonchev–Trinajstić information content (AvgIpc) is 2.94. The molecule has 0 aliphatic carbocycles. The maximum Gasteiger partial charge on any atom is 0.270 e. The third-order valence-corrected chi connectivity index (χ3v) is 4.85. The van der Waals surface area contributed by atoms with E-state index in [0.29, 0.717) is 6.04 Å². The van der Waals surface area contributed by atoms with Gasteiger partial charge >= 0.3 is 0 Å². The molecule has 1 N–H and O–H groups in total. The summed E-state index contributed by atoms with van der Waals surface area (Å²) < 4.78 is 2.18. The summed E-state index contributed by atoms with van der Waals surface area (Å²) >= 11 is 0. The van der Waals surface area contributed by atoms with E-state index in [1.165, 1.54) is 0 Å². The molecule has 1 aromatic rings. The third kappa shape index (κ3) is 3.49. The van der Waals surface area contributed by atoms with Gasteiger partial charge in [-0.3, -0.25) is 4.79 Å². The van der Waals surface area contributed by atoms with Crippen LogP contribution in [0.5, 0.6) is 0 Å². The number of carbonyl (C=O) groups is 1. The molecule has 1 unspecified atom stereocenters. The van der Waals surface area contributed by atoms with Crippen LogP contribution >= 0.6 is 0 Å². The van der Waals surface area contributed by atoms with E-state index in [0.717, 1.165) is 31.6 Å². The van der Waals surface area contributed by atoms with Crippen LogP contribution in [0, 0.1) is 5.41 Å². The van der Waals surface area contributed by atoms with Gasteiger partial charge in [0.25, 0.3) is 5.91 Å². The van der Waals surface area contributed by atoms with Crippen LogP contribution in [0.4, 0.5) is 0 Å². The van der Waals surface area contributed by atoms with Crippen molar-refractivity contribution >= 4 is 5.91 Å². The van der Waals surface area contributed by atoms with Crippen LogP contribution in [-0.2, 0) is 0 Å². The number of amides is 1. The highest BCUT2D eigenvalue weighted by Crippen LogP contribution is 2.26. The molecule has 0 radical (unpaired) electrons. The van der Waals surface area contributed by atoms with Gasteiger partial charge in [0.05, 0.1) is 0 Å². The van der Waals surface area contributed by atoms with Crippen molar-refractivity contribution in [1.29, 1.82) is 0 Å². The fourth-order valence-corrected chi connectivity index (χ4v) is 2.92. The lowest BCUT2D eigenvalue weighted by atomic mass is 9.87. The molecule has 118 valence electrons. The Hall–Kier alpha value is -1.29. The number of nitrogens with one attached hydrogen (secondary N) is 1. The van der Waals surface area contributed by atoms with E-state index in [1.54, 1.807) is 0 Å². The lowest BCUT2D eigenvalue weighted by Crippen LogP contribution is -2.44. The lowest BCUT2D eigenvalue weighted by molar-refractivity contribution is 0.0615. The van der Waals surface area contributed by atoms with Gasteiger partial charge in [0.1, 0.15) is 5.69 Å². The minimum atomic E-state index is 0.0800. The second-order valence-corrected chi connectivity index (χ2v) is 7.24. The van der Waals surface area contributed by atoms with Gasteiger partial charge in [-0.1, -0.05) is 20.8 Å². The first kappa shape index (κ1) is 16.1. The number of hydrogen-bond donors (Lipinski definition) is 1. The molecule has 4 nitrogen and oxygen atoms in total. The summed E-state index contributed by atoms with van der Waals surface area (Å²) in [6, 6.07) is 4.58. The zero-order chi connectivity index (χ0) is 15.6. The second kappa shape index (κ2) is 6.22. The van der Waals surface area contributed by atoms with Gasteiger partial charge in [-0.2, -0.15) is 0 Å². The fourth-order valence-electron chi connectivity index (χ4n) is 2.92. The number of rotatable bonds is 3. The average molecular weight is 291 g/mol. The molecule has 0 spiro atoms. The number of hydrogen-bond acceptors (Lipinski definition) is 2. The molecule has 1 aliphatic rings. The Morgan fingerprint density at radius 3 is 2.57 bits per heavy atom. The molecule has 1 aliphatic heterocycles. The van der Waals surface area contributed by atoms with Crippen LogP contribution in [0.1, 0.15) is 57.1 Å². The highest BCUT2D eigenvalue weighted by Gasteiger charge is 2.29. The van der Waals surface area contributed by atoms with Gasteiger partial charge in [0.15, 0.2) is 0 Å². The standard InChI is InChI=1S/C17H29N3O/c1-13(17(2,3)4)19(5)16(21)15-7-6-12-20(15)14-8-10-18-11-9-14/h6-7,12-14,18H,8-11H2,1-5H3. The van der Waals surface area contributed by atoms with Crippen LogP contribution in [0.15, 0.2) is 18.3 Å². The maximum absolute atomic E-state index is 12.8. The van der Waals surface area contributed by atoms with Gasteiger partial charge < -0.3 is 14.8 Å².